The number of hydrogen-bond donors (Lipinski definition) is 3. The molecule has 0 saturated heterocycles. The molecule has 3 N–H and O–H groups in total. The van der Waals surface area contributed by atoms with E-state index < -0.39 is 29.4 Å². The van der Waals surface area contributed by atoms with Crippen molar-refractivity contribution in [3.05, 3.63) is 78.1 Å². The molecule has 1 aromatic heterocycles. The summed E-state index contributed by atoms with van der Waals surface area (Å²) in [5, 5.41) is 4.42. The van der Waals surface area contributed by atoms with Gasteiger partial charge in [0, 0.05) is 29.9 Å². The molecule has 0 aliphatic carbocycles. The highest BCUT2D eigenvalue weighted by Crippen LogP contribution is 2.14. The van der Waals surface area contributed by atoms with Gasteiger partial charge in [-0.15, -0.1) is 0 Å². The Labute approximate surface area is 192 Å². The average molecular weight is 449 g/mol. The lowest BCUT2D eigenvalue weighted by molar-refractivity contribution is -0.125. The van der Waals surface area contributed by atoms with Crippen LogP contribution < -0.4 is 16.2 Å². The Morgan fingerprint density at radius 3 is 2.45 bits per heavy atom. The van der Waals surface area contributed by atoms with Crippen LogP contribution >= 0.6 is 0 Å². The molecule has 0 aliphatic rings. The molecule has 0 radical (unpaired) electrons. The molecule has 2 aromatic carbocycles. The predicted molar refractivity (Wildman–Crippen MR) is 125 cm³/mol. The molecule has 3 aromatic rings. The largest absolute Gasteiger partial charge is 0.444 e. The Balaban J connectivity index is 1.63. The standard InChI is InChI=1S/C25H28N4O4/c1-25(2,3)33-24(32)27-16-21(13-17-7-5-4-6-8-17)23(31)29-28-22(30)19-9-10-20-15-26-12-11-18(20)14-19/h4-12,14-15,21H,13,16H2,1-3H3,(H,27,32)(H,28,30)(H,29,31). The van der Waals surface area contributed by atoms with E-state index in [1.807, 2.05) is 36.4 Å². The third kappa shape index (κ3) is 7.31. The van der Waals surface area contributed by atoms with Crippen LogP contribution in [-0.2, 0) is 16.0 Å². The number of nitrogens with one attached hydrogen (secondary N) is 3. The monoisotopic (exact) mass is 448 g/mol. The van der Waals surface area contributed by atoms with Gasteiger partial charge in [-0.3, -0.25) is 25.4 Å². The minimum absolute atomic E-state index is 0.0501. The molecule has 1 heterocycles. The molecule has 172 valence electrons. The highest BCUT2D eigenvalue weighted by atomic mass is 16.6. The number of aromatic nitrogens is 1. The van der Waals surface area contributed by atoms with Crippen LogP contribution in [0.5, 0.6) is 0 Å². The summed E-state index contributed by atoms with van der Waals surface area (Å²) in [6.45, 7) is 5.34. The molecule has 0 fully saturated rings. The van der Waals surface area contributed by atoms with Crippen LogP contribution in [0.15, 0.2) is 67.0 Å². The fourth-order valence-corrected chi connectivity index (χ4v) is 3.19. The molecule has 8 heteroatoms. The number of alkyl carbamates (subject to hydrolysis) is 1. The first kappa shape index (κ1) is 23.7. The summed E-state index contributed by atoms with van der Waals surface area (Å²) in [5.74, 6) is -1.49. The van der Waals surface area contributed by atoms with Crippen LogP contribution in [0.25, 0.3) is 10.8 Å². The zero-order valence-corrected chi connectivity index (χ0v) is 18.9. The van der Waals surface area contributed by atoms with E-state index in [9.17, 15) is 14.4 Å². The Kier molecular flexibility index (Phi) is 7.61. The van der Waals surface area contributed by atoms with E-state index in [0.29, 0.717) is 12.0 Å². The van der Waals surface area contributed by atoms with Crippen molar-refractivity contribution >= 4 is 28.7 Å². The molecule has 0 saturated carbocycles. The van der Waals surface area contributed by atoms with Crippen LogP contribution in [0.1, 0.15) is 36.7 Å². The highest BCUT2D eigenvalue weighted by molar-refractivity contribution is 5.99. The topological polar surface area (TPSA) is 109 Å². The van der Waals surface area contributed by atoms with Gasteiger partial charge in [0.05, 0.1) is 5.92 Å². The van der Waals surface area contributed by atoms with Gasteiger partial charge in [0.1, 0.15) is 5.60 Å². The van der Waals surface area contributed by atoms with Crippen LogP contribution in [0.3, 0.4) is 0 Å². The SMILES string of the molecule is CC(C)(C)OC(=O)NCC(Cc1ccccc1)C(=O)NNC(=O)c1ccc2cnccc2c1. The minimum Gasteiger partial charge on any atom is -0.444 e. The highest BCUT2D eigenvalue weighted by Gasteiger charge is 2.23. The first-order valence-corrected chi connectivity index (χ1v) is 10.7. The van der Waals surface area contributed by atoms with Gasteiger partial charge in [-0.1, -0.05) is 36.4 Å². The lowest BCUT2D eigenvalue weighted by atomic mass is 9.98. The molecule has 0 bridgehead atoms. The smallest absolute Gasteiger partial charge is 0.407 e. The summed E-state index contributed by atoms with van der Waals surface area (Å²) < 4.78 is 5.25. The van der Waals surface area contributed by atoms with E-state index in [4.69, 9.17) is 4.74 Å². The Morgan fingerprint density at radius 2 is 1.73 bits per heavy atom. The van der Waals surface area contributed by atoms with Gasteiger partial charge in [0.2, 0.25) is 5.91 Å². The van der Waals surface area contributed by atoms with Gasteiger partial charge >= 0.3 is 6.09 Å². The van der Waals surface area contributed by atoms with E-state index in [0.717, 1.165) is 16.3 Å². The molecule has 8 nitrogen and oxygen atoms in total. The van der Waals surface area contributed by atoms with Crippen LogP contribution in [0.4, 0.5) is 4.79 Å². The molecule has 1 unspecified atom stereocenters. The molecule has 33 heavy (non-hydrogen) atoms. The summed E-state index contributed by atoms with van der Waals surface area (Å²) >= 11 is 0. The van der Waals surface area contributed by atoms with Gasteiger partial charge in [0.25, 0.3) is 5.91 Å². The first-order chi connectivity index (χ1) is 15.7. The number of fused-ring (bicyclic) bond motifs is 1. The van der Waals surface area contributed by atoms with Gasteiger partial charge in [-0.2, -0.15) is 0 Å². The minimum atomic E-state index is -0.648. The molecular weight excluding hydrogens is 420 g/mol. The zero-order chi connectivity index (χ0) is 23.8. The van der Waals surface area contributed by atoms with E-state index in [1.165, 1.54) is 0 Å². The van der Waals surface area contributed by atoms with Gasteiger partial charge < -0.3 is 10.1 Å². The maximum absolute atomic E-state index is 12.9. The van der Waals surface area contributed by atoms with Crippen LogP contribution in [-0.4, -0.2) is 35.0 Å². The van der Waals surface area contributed by atoms with Crippen LogP contribution in [0, 0.1) is 5.92 Å². The van der Waals surface area contributed by atoms with E-state index >= 15 is 0 Å². The van der Waals surface area contributed by atoms with Gasteiger partial charge in [0.15, 0.2) is 0 Å². The second kappa shape index (κ2) is 10.6. The fraction of sp³-hybridized carbons (Fsp3) is 0.280. The number of amides is 3. The summed E-state index contributed by atoms with van der Waals surface area (Å²) in [6.07, 6.45) is 3.13. The van der Waals surface area contributed by atoms with Crippen molar-refractivity contribution in [1.29, 1.82) is 0 Å². The van der Waals surface area contributed by atoms with Crippen molar-refractivity contribution in [3.8, 4) is 0 Å². The summed E-state index contributed by atoms with van der Waals surface area (Å²) in [4.78, 5) is 41.5. The van der Waals surface area contributed by atoms with Crippen molar-refractivity contribution < 1.29 is 19.1 Å². The number of rotatable bonds is 6. The van der Waals surface area contributed by atoms with Crippen molar-refractivity contribution in [2.45, 2.75) is 32.8 Å². The summed E-state index contributed by atoms with van der Waals surface area (Å²) in [5.41, 5.74) is 5.62. The number of pyridine rings is 1. The van der Waals surface area contributed by atoms with Crippen molar-refractivity contribution in [1.82, 2.24) is 21.2 Å². The van der Waals surface area contributed by atoms with Crippen LogP contribution in [0.2, 0.25) is 0 Å². The third-order valence-electron chi connectivity index (χ3n) is 4.79. The number of benzene rings is 2. The Hall–Kier alpha value is -3.94. The summed E-state index contributed by atoms with van der Waals surface area (Å²) in [6, 6.07) is 16.4. The number of nitrogens with zero attached hydrogens (tertiary/aromatic N) is 1. The number of carbonyl (C=O) groups excluding carboxylic acids is 3. The maximum atomic E-state index is 12.9. The molecule has 0 aliphatic heterocycles. The molecular formula is C25H28N4O4. The molecule has 3 amide bonds. The Bertz CT molecular complexity index is 1130. The zero-order valence-electron chi connectivity index (χ0n) is 18.9. The van der Waals surface area contributed by atoms with E-state index in [-0.39, 0.29) is 6.54 Å². The maximum Gasteiger partial charge on any atom is 0.407 e. The van der Waals surface area contributed by atoms with Gasteiger partial charge in [-0.05, 0) is 56.3 Å². The number of hydrogen-bond acceptors (Lipinski definition) is 5. The molecule has 1 atom stereocenters. The van der Waals surface area contributed by atoms with E-state index in [2.05, 4.69) is 21.2 Å². The van der Waals surface area contributed by atoms with E-state index in [1.54, 1.807) is 51.4 Å². The number of hydrazine groups is 1. The lowest BCUT2D eigenvalue weighted by Crippen LogP contribution is -2.48. The number of carbonyl (C=O) groups is 3. The number of ether oxygens (including phenoxy) is 1. The normalized spacial score (nSPS) is 12.0. The molecule has 0 spiro atoms. The first-order valence-electron chi connectivity index (χ1n) is 10.7. The lowest BCUT2D eigenvalue weighted by Gasteiger charge is -2.22. The van der Waals surface area contributed by atoms with Gasteiger partial charge in [-0.25, -0.2) is 4.79 Å². The quantitative estimate of drug-likeness (QED) is 0.501. The summed E-state index contributed by atoms with van der Waals surface area (Å²) in [7, 11) is 0. The predicted octanol–water partition coefficient (Wildman–Crippen LogP) is 3.38. The average Bonchev–Trinajstić information content (AvgIpc) is 2.79. The van der Waals surface area contributed by atoms with Crippen molar-refractivity contribution in [2.24, 2.45) is 5.92 Å². The second-order valence-corrected chi connectivity index (χ2v) is 8.65. The van der Waals surface area contributed by atoms with Crippen molar-refractivity contribution in [3.63, 3.8) is 0 Å². The molecule has 3 rings (SSSR count). The Morgan fingerprint density at radius 1 is 0.970 bits per heavy atom. The third-order valence-corrected chi connectivity index (χ3v) is 4.79. The van der Waals surface area contributed by atoms with Crippen molar-refractivity contribution in [2.75, 3.05) is 6.54 Å². The fourth-order valence-electron chi connectivity index (χ4n) is 3.19. The second-order valence-electron chi connectivity index (χ2n) is 8.65.